The Bertz CT molecular complexity index is 700. The van der Waals surface area contributed by atoms with Crippen molar-refractivity contribution in [3.05, 3.63) is 23.8 Å². The van der Waals surface area contributed by atoms with Crippen molar-refractivity contribution in [2.24, 2.45) is 5.92 Å². The predicted molar refractivity (Wildman–Crippen MR) is 105 cm³/mol. The fourth-order valence-corrected chi connectivity index (χ4v) is 4.21. The van der Waals surface area contributed by atoms with Crippen molar-refractivity contribution in [3.8, 4) is 11.5 Å². The Hall–Kier alpha value is -2.44. The monoisotopic (exact) mass is 390 g/mol. The van der Waals surface area contributed by atoms with Crippen LogP contribution in [-0.2, 0) is 9.53 Å². The lowest BCUT2D eigenvalue weighted by molar-refractivity contribution is -0.138. The van der Waals surface area contributed by atoms with E-state index < -0.39 is 0 Å². The first kappa shape index (κ1) is 20.3. The van der Waals surface area contributed by atoms with Crippen molar-refractivity contribution >= 4 is 12.0 Å². The van der Waals surface area contributed by atoms with Crippen LogP contribution in [0, 0.1) is 5.92 Å². The average Bonchev–Trinajstić information content (AvgIpc) is 3.22. The van der Waals surface area contributed by atoms with Crippen LogP contribution >= 0.6 is 0 Å². The van der Waals surface area contributed by atoms with E-state index in [2.05, 4.69) is 0 Å². The highest BCUT2D eigenvalue weighted by Gasteiger charge is 2.37. The lowest BCUT2D eigenvalue weighted by Gasteiger charge is -2.34. The van der Waals surface area contributed by atoms with E-state index in [4.69, 9.17) is 14.2 Å². The molecule has 154 valence electrons. The number of ether oxygens (including phenoxy) is 3. The van der Waals surface area contributed by atoms with Gasteiger partial charge in [-0.1, -0.05) is 0 Å². The summed E-state index contributed by atoms with van der Waals surface area (Å²) in [5.41, 5.74) is 1.03. The van der Waals surface area contributed by atoms with Gasteiger partial charge in [0.25, 0.3) is 0 Å². The molecular weight excluding hydrogens is 360 g/mol. The van der Waals surface area contributed by atoms with Crippen molar-refractivity contribution in [1.29, 1.82) is 0 Å². The maximum absolute atomic E-state index is 13.2. The molecule has 0 aromatic heterocycles. The first-order valence-electron chi connectivity index (χ1n) is 10.0. The molecule has 2 aliphatic rings. The topological polar surface area (TPSA) is 68.3 Å². The second-order valence-corrected chi connectivity index (χ2v) is 7.26. The average molecular weight is 390 g/mol. The van der Waals surface area contributed by atoms with E-state index in [1.165, 1.54) is 0 Å². The minimum absolute atomic E-state index is 0.0245. The van der Waals surface area contributed by atoms with Gasteiger partial charge in [-0.3, -0.25) is 4.79 Å². The molecule has 3 rings (SSSR count). The molecule has 1 unspecified atom stereocenters. The first-order valence-corrected chi connectivity index (χ1v) is 10.0. The summed E-state index contributed by atoms with van der Waals surface area (Å²) in [7, 11) is 3.27. The zero-order valence-corrected chi connectivity index (χ0v) is 17.0. The van der Waals surface area contributed by atoms with Crippen molar-refractivity contribution < 1.29 is 23.8 Å². The van der Waals surface area contributed by atoms with Gasteiger partial charge in [-0.15, -0.1) is 0 Å². The van der Waals surface area contributed by atoms with Gasteiger partial charge in [-0.2, -0.15) is 0 Å². The molecule has 0 radical (unpaired) electrons. The predicted octanol–water partition coefficient (Wildman–Crippen LogP) is 3.24. The summed E-state index contributed by atoms with van der Waals surface area (Å²) in [4.78, 5) is 28.8. The molecule has 1 aromatic rings. The third-order valence-electron chi connectivity index (χ3n) is 5.71. The highest BCUT2D eigenvalue weighted by atomic mass is 16.6. The smallest absolute Gasteiger partial charge is 0.409 e. The zero-order valence-electron chi connectivity index (χ0n) is 17.0. The fourth-order valence-electron chi connectivity index (χ4n) is 4.21. The van der Waals surface area contributed by atoms with Crippen LogP contribution in [0.2, 0.25) is 0 Å². The molecule has 28 heavy (non-hydrogen) atoms. The van der Waals surface area contributed by atoms with E-state index in [-0.39, 0.29) is 24.0 Å². The van der Waals surface area contributed by atoms with E-state index in [1.807, 2.05) is 23.1 Å². The number of piperidine rings is 1. The number of hydrogen-bond donors (Lipinski definition) is 0. The van der Waals surface area contributed by atoms with Crippen LogP contribution in [-0.4, -0.2) is 62.3 Å². The van der Waals surface area contributed by atoms with Gasteiger partial charge in [-0.25, -0.2) is 4.79 Å². The molecule has 0 N–H and O–H groups in total. The Labute approximate surface area is 166 Å². The van der Waals surface area contributed by atoms with E-state index in [0.717, 1.165) is 36.4 Å². The van der Waals surface area contributed by atoms with Crippen molar-refractivity contribution in [2.45, 2.75) is 38.6 Å². The van der Waals surface area contributed by atoms with Crippen LogP contribution in [0.15, 0.2) is 18.2 Å². The Morgan fingerprint density at radius 2 is 1.82 bits per heavy atom. The highest BCUT2D eigenvalue weighted by Crippen LogP contribution is 2.40. The lowest BCUT2D eigenvalue weighted by atomic mass is 9.94. The molecule has 1 aromatic carbocycles. The molecule has 1 atom stereocenters. The molecular formula is C21H30N2O5. The largest absolute Gasteiger partial charge is 0.497 e. The summed E-state index contributed by atoms with van der Waals surface area (Å²) in [6.07, 6.45) is 2.99. The normalized spacial score (nSPS) is 20.2. The molecule has 0 spiro atoms. The van der Waals surface area contributed by atoms with E-state index in [1.54, 1.807) is 26.0 Å². The fraction of sp³-hybridized carbons (Fsp3) is 0.619. The lowest BCUT2D eigenvalue weighted by Crippen LogP contribution is -2.44. The molecule has 2 heterocycles. The molecule has 2 amide bonds. The molecule has 7 heteroatoms. The minimum Gasteiger partial charge on any atom is -0.497 e. The molecule has 0 saturated carbocycles. The summed E-state index contributed by atoms with van der Waals surface area (Å²) in [5, 5.41) is 0. The molecule has 2 fully saturated rings. The van der Waals surface area contributed by atoms with Crippen molar-refractivity contribution in [3.63, 3.8) is 0 Å². The Balaban J connectivity index is 1.68. The number of amides is 2. The summed E-state index contributed by atoms with van der Waals surface area (Å²) in [5.74, 6) is 1.63. The number of benzene rings is 1. The van der Waals surface area contributed by atoms with Gasteiger partial charge >= 0.3 is 6.09 Å². The van der Waals surface area contributed by atoms with Gasteiger partial charge in [0.15, 0.2) is 0 Å². The summed E-state index contributed by atoms with van der Waals surface area (Å²) in [6.45, 7) is 4.07. The SMILES string of the molecule is CCOC(=O)N1CCC(C(=O)N2CCCC2c2ccc(OC)cc2OC)CC1. The summed E-state index contributed by atoms with van der Waals surface area (Å²) < 4.78 is 15.9. The van der Waals surface area contributed by atoms with Gasteiger partial charge in [-0.05, 0) is 44.7 Å². The summed E-state index contributed by atoms with van der Waals surface area (Å²) >= 11 is 0. The number of likely N-dealkylation sites (tertiary alicyclic amines) is 2. The quantitative estimate of drug-likeness (QED) is 0.772. The Kier molecular flexibility index (Phi) is 6.65. The van der Waals surface area contributed by atoms with E-state index >= 15 is 0 Å². The van der Waals surface area contributed by atoms with Gasteiger partial charge in [0, 0.05) is 37.2 Å². The van der Waals surface area contributed by atoms with Crippen LogP contribution < -0.4 is 9.47 Å². The van der Waals surface area contributed by atoms with Gasteiger partial charge in [0.05, 0.1) is 26.9 Å². The number of hydrogen-bond acceptors (Lipinski definition) is 5. The van der Waals surface area contributed by atoms with E-state index in [9.17, 15) is 9.59 Å². The maximum atomic E-state index is 13.2. The second-order valence-electron chi connectivity index (χ2n) is 7.26. The standard InChI is InChI=1S/C21H30N2O5/c1-4-28-21(25)22-12-9-15(10-13-22)20(24)23-11-5-6-18(23)17-8-7-16(26-2)14-19(17)27-3/h7-8,14-15,18H,4-6,9-13H2,1-3H3. The van der Waals surface area contributed by atoms with Crippen LogP contribution in [0.5, 0.6) is 11.5 Å². The number of carbonyl (C=O) groups is 2. The van der Waals surface area contributed by atoms with Crippen LogP contribution in [0.1, 0.15) is 44.2 Å². The Morgan fingerprint density at radius 3 is 2.46 bits per heavy atom. The van der Waals surface area contributed by atoms with E-state index in [0.29, 0.717) is 32.5 Å². The minimum atomic E-state index is -0.282. The van der Waals surface area contributed by atoms with Crippen molar-refractivity contribution in [1.82, 2.24) is 9.80 Å². The maximum Gasteiger partial charge on any atom is 0.409 e. The number of methoxy groups -OCH3 is 2. The van der Waals surface area contributed by atoms with Crippen LogP contribution in [0.4, 0.5) is 4.79 Å². The van der Waals surface area contributed by atoms with Crippen LogP contribution in [0.3, 0.4) is 0 Å². The second kappa shape index (κ2) is 9.17. The number of carbonyl (C=O) groups excluding carboxylic acids is 2. The first-order chi connectivity index (χ1) is 13.6. The number of nitrogens with zero attached hydrogens (tertiary/aromatic N) is 2. The Morgan fingerprint density at radius 1 is 1.07 bits per heavy atom. The molecule has 7 nitrogen and oxygen atoms in total. The number of rotatable bonds is 5. The molecule has 0 aliphatic carbocycles. The van der Waals surface area contributed by atoms with Gasteiger partial charge < -0.3 is 24.0 Å². The molecule has 0 bridgehead atoms. The molecule has 2 saturated heterocycles. The third-order valence-corrected chi connectivity index (χ3v) is 5.71. The third kappa shape index (κ3) is 4.18. The van der Waals surface area contributed by atoms with Crippen LogP contribution in [0.25, 0.3) is 0 Å². The van der Waals surface area contributed by atoms with Gasteiger partial charge in [0.2, 0.25) is 5.91 Å². The zero-order chi connectivity index (χ0) is 20.1. The summed E-state index contributed by atoms with van der Waals surface area (Å²) in [6, 6.07) is 5.80. The van der Waals surface area contributed by atoms with Crippen molar-refractivity contribution in [2.75, 3.05) is 40.5 Å². The molecule has 2 aliphatic heterocycles. The van der Waals surface area contributed by atoms with Gasteiger partial charge in [0.1, 0.15) is 11.5 Å². The highest BCUT2D eigenvalue weighted by molar-refractivity contribution is 5.80.